The van der Waals surface area contributed by atoms with Gasteiger partial charge in [0.2, 0.25) is 0 Å². The highest BCUT2D eigenvalue weighted by Crippen LogP contribution is 2.27. The Balaban J connectivity index is 2.64. The monoisotopic (exact) mass is 283 g/mol. The van der Waals surface area contributed by atoms with Crippen molar-refractivity contribution in [3.63, 3.8) is 0 Å². The first kappa shape index (κ1) is 14.1. The molecule has 0 N–H and O–H groups in total. The molecule has 0 unspecified atom stereocenters. The fourth-order valence-corrected chi connectivity index (χ4v) is 3.09. The van der Waals surface area contributed by atoms with Crippen LogP contribution in [-0.4, -0.2) is 18.7 Å². The Kier molecular flexibility index (Phi) is 3.67. The first-order valence-corrected chi connectivity index (χ1v) is 8.15. The molecule has 0 aliphatic carbocycles. The minimum atomic E-state index is -3.13. The number of rotatable bonds is 4. The number of hydrogen-bond acceptors (Lipinski definition) is 2. The molecule has 0 fully saturated rings. The van der Waals surface area contributed by atoms with E-state index in [0.29, 0.717) is 10.9 Å². The topological polar surface area (TPSA) is 39.1 Å². The van der Waals surface area contributed by atoms with Crippen molar-refractivity contribution in [2.45, 2.75) is 32.6 Å². The molecular formula is C14H18FNO2S. The SMILES string of the molecule is CCS(=O)(=O)Cc1cn(C(C)C)c2ccc(F)cc12. The van der Waals surface area contributed by atoms with Gasteiger partial charge in [-0.3, -0.25) is 0 Å². The zero-order valence-electron chi connectivity index (χ0n) is 11.4. The van der Waals surface area contributed by atoms with Crippen molar-refractivity contribution in [3.8, 4) is 0 Å². The smallest absolute Gasteiger partial charge is 0.154 e. The van der Waals surface area contributed by atoms with E-state index in [1.165, 1.54) is 12.1 Å². The molecule has 0 radical (unpaired) electrons. The third-order valence-electron chi connectivity index (χ3n) is 3.25. The van der Waals surface area contributed by atoms with E-state index in [9.17, 15) is 12.8 Å². The van der Waals surface area contributed by atoms with Gasteiger partial charge in [0.15, 0.2) is 9.84 Å². The van der Waals surface area contributed by atoms with E-state index in [-0.39, 0.29) is 23.4 Å². The molecule has 0 amide bonds. The van der Waals surface area contributed by atoms with Gasteiger partial charge in [-0.15, -0.1) is 0 Å². The van der Waals surface area contributed by atoms with Crippen LogP contribution in [0.4, 0.5) is 4.39 Å². The van der Waals surface area contributed by atoms with Crippen LogP contribution in [-0.2, 0) is 15.6 Å². The second-order valence-corrected chi connectivity index (χ2v) is 7.35. The van der Waals surface area contributed by atoms with Gasteiger partial charge < -0.3 is 4.57 Å². The first-order chi connectivity index (χ1) is 8.84. The summed E-state index contributed by atoms with van der Waals surface area (Å²) in [5.74, 6) is -0.288. The molecule has 0 bridgehead atoms. The molecular weight excluding hydrogens is 265 g/mol. The fraction of sp³-hybridized carbons (Fsp3) is 0.429. The highest BCUT2D eigenvalue weighted by Gasteiger charge is 2.16. The lowest BCUT2D eigenvalue weighted by Gasteiger charge is -2.08. The van der Waals surface area contributed by atoms with E-state index in [0.717, 1.165) is 5.52 Å². The molecule has 0 aliphatic heterocycles. The van der Waals surface area contributed by atoms with Crippen molar-refractivity contribution >= 4 is 20.7 Å². The summed E-state index contributed by atoms with van der Waals surface area (Å²) < 4.78 is 38.9. The van der Waals surface area contributed by atoms with Crippen LogP contribution in [0.2, 0.25) is 0 Å². The van der Waals surface area contributed by atoms with Crippen LogP contribution < -0.4 is 0 Å². The average molecular weight is 283 g/mol. The lowest BCUT2D eigenvalue weighted by molar-refractivity contribution is 0.595. The molecule has 1 aromatic carbocycles. The minimum absolute atomic E-state index is 0.0385. The van der Waals surface area contributed by atoms with E-state index in [2.05, 4.69) is 0 Å². The molecule has 0 saturated carbocycles. The van der Waals surface area contributed by atoms with Gasteiger partial charge in [-0.05, 0) is 37.6 Å². The van der Waals surface area contributed by atoms with Crippen molar-refractivity contribution in [1.82, 2.24) is 4.57 Å². The molecule has 1 aromatic heterocycles. The van der Waals surface area contributed by atoms with Crippen LogP contribution >= 0.6 is 0 Å². The highest BCUT2D eigenvalue weighted by atomic mass is 32.2. The summed E-state index contributed by atoms with van der Waals surface area (Å²) in [4.78, 5) is 0. The normalized spacial score (nSPS) is 12.5. The number of fused-ring (bicyclic) bond motifs is 1. The number of sulfone groups is 1. The molecule has 104 valence electrons. The molecule has 0 spiro atoms. The molecule has 1 heterocycles. The third kappa shape index (κ3) is 2.81. The number of hydrogen-bond donors (Lipinski definition) is 0. The van der Waals surface area contributed by atoms with Gasteiger partial charge >= 0.3 is 0 Å². The van der Waals surface area contributed by atoms with E-state index in [1.54, 1.807) is 13.0 Å². The Morgan fingerprint density at radius 3 is 2.58 bits per heavy atom. The van der Waals surface area contributed by atoms with Crippen LogP contribution in [0.25, 0.3) is 10.9 Å². The predicted octanol–water partition coefficient (Wildman–Crippen LogP) is 3.30. The summed E-state index contributed by atoms with van der Waals surface area (Å²) in [5.41, 5.74) is 1.54. The van der Waals surface area contributed by atoms with Crippen LogP contribution in [0.3, 0.4) is 0 Å². The van der Waals surface area contributed by atoms with Gasteiger partial charge in [-0.2, -0.15) is 0 Å². The van der Waals surface area contributed by atoms with Gasteiger partial charge in [0.25, 0.3) is 0 Å². The van der Waals surface area contributed by atoms with Crippen LogP contribution in [0.1, 0.15) is 32.4 Å². The summed E-state index contributed by atoms with van der Waals surface area (Å²) in [5, 5.41) is 0.686. The van der Waals surface area contributed by atoms with Gasteiger partial charge in [-0.25, -0.2) is 12.8 Å². The van der Waals surface area contributed by atoms with Crippen molar-refractivity contribution in [3.05, 3.63) is 35.8 Å². The van der Waals surface area contributed by atoms with E-state index in [1.807, 2.05) is 24.6 Å². The van der Waals surface area contributed by atoms with E-state index < -0.39 is 9.84 Å². The maximum absolute atomic E-state index is 13.4. The Hall–Kier alpha value is -1.36. The van der Waals surface area contributed by atoms with Crippen molar-refractivity contribution in [2.75, 3.05) is 5.75 Å². The second-order valence-electron chi connectivity index (χ2n) is 4.99. The molecule has 0 aliphatic rings. The molecule has 3 nitrogen and oxygen atoms in total. The van der Waals surface area contributed by atoms with Crippen molar-refractivity contribution in [2.24, 2.45) is 0 Å². The molecule has 5 heteroatoms. The second kappa shape index (κ2) is 4.96. The van der Waals surface area contributed by atoms with Gasteiger partial charge in [0.1, 0.15) is 5.82 Å². The molecule has 0 saturated heterocycles. The molecule has 19 heavy (non-hydrogen) atoms. The molecule has 2 rings (SSSR count). The fourth-order valence-electron chi connectivity index (χ4n) is 2.18. The zero-order valence-corrected chi connectivity index (χ0v) is 12.2. The Morgan fingerprint density at radius 1 is 1.32 bits per heavy atom. The van der Waals surface area contributed by atoms with E-state index in [4.69, 9.17) is 0 Å². The zero-order chi connectivity index (χ0) is 14.2. The van der Waals surface area contributed by atoms with E-state index >= 15 is 0 Å². The maximum Gasteiger partial charge on any atom is 0.154 e. The summed E-state index contributed by atoms with van der Waals surface area (Å²) in [7, 11) is -3.13. The third-order valence-corrected chi connectivity index (χ3v) is 4.88. The standard InChI is InChI=1S/C14H18FNO2S/c1-4-19(17,18)9-11-8-16(10(2)3)14-6-5-12(15)7-13(11)14/h5-8,10H,4,9H2,1-3H3. The molecule has 2 aromatic rings. The highest BCUT2D eigenvalue weighted by molar-refractivity contribution is 7.90. The lowest BCUT2D eigenvalue weighted by Crippen LogP contribution is -2.06. The van der Waals surface area contributed by atoms with Crippen LogP contribution in [0.15, 0.2) is 24.4 Å². The predicted molar refractivity (Wildman–Crippen MR) is 75.4 cm³/mol. The van der Waals surface area contributed by atoms with Gasteiger partial charge in [-0.1, -0.05) is 6.92 Å². The number of nitrogens with zero attached hydrogens (tertiary/aromatic N) is 1. The summed E-state index contributed by atoms with van der Waals surface area (Å²) in [6, 6.07) is 4.71. The Morgan fingerprint density at radius 2 is 2.00 bits per heavy atom. The Labute approximate surface area is 113 Å². The quantitative estimate of drug-likeness (QED) is 0.863. The first-order valence-electron chi connectivity index (χ1n) is 6.33. The lowest BCUT2D eigenvalue weighted by atomic mass is 10.2. The van der Waals surface area contributed by atoms with Crippen molar-refractivity contribution in [1.29, 1.82) is 0 Å². The van der Waals surface area contributed by atoms with Gasteiger partial charge in [0.05, 0.1) is 5.75 Å². The number of aromatic nitrogens is 1. The number of halogens is 1. The minimum Gasteiger partial charge on any atom is -0.345 e. The van der Waals surface area contributed by atoms with Crippen LogP contribution in [0.5, 0.6) is 0 Å². The molecule has 0 atom stereocenters. The summed E-state index contributed by atoms with van der Waals surface area (Å²) >= 11 is 0. The maximum atomic E-state index is 13.4. The van der Waals surface area contributed by atoms with Crippen LogP contribution in [0, 0.1) is 5.82 Å². The Bertz CT molecular complexity index is 702. The number of benzene rings is 1. The van der Waals surface area contributed by atoms with Crippen molar-refractivity contribution < 1.29 is 12.8 Å². The summed E-state index contributed by atoms with van der Waals surface area (Å²) in [6.07, 6.45) is 1.82. The largest absolute Gasteiger partial charge is 0.345 e. The average Bonchev–Trinajstić information content (AvgIpc) is 2.67. The summed E-state index contributed by atoms with van der Waals surface area (Å²) in [6.45, 7) is 5.65. The van der Waals surface area contributed by atoms with Gasteiger partial charge in [0, 0.05) is 28.9 Å².